The average molecular weight is 331 g/mol. The highest BCUT2D eigenvalue weighted by molar-refractivity contribution is 7.12. The van der Waals surface area contributed by atoms with Gasteiger partial charge in [-0.15, -0.1) is 23.7 Å². The zero-order valence-corrected chi connectivity index (χ0v) is 14.0. The first-order valence-electron chi connectivity index (χ1n) is 7.43. The summed E-state index contributed by atoms with van der Waals surface area (Å²) in [5, 5.41) is 5.49. The third-order valence-corrected chi connectivity index (χ3v) is 5.41. The number of rotatable bonds is 3. The van der Waals surface area contributed by atoms with Crippen LogP contribution in [0.15, 0.2) is 11.4 Å². The van der Waals surface area contributed by atoms with Gasteiger partial charge in [-0.1, -0.05) is 0 Å². The van der Waals surface area contributed by atoms with Crippen molar-refractivity contribution in [1.82, 2.24) is 10.2 Å². The first-order chi connectivity index (χ1) is 9.78. The smallest absolute Gasteiger partial charge is 0.264 e. The number of hydrogen-bond donors (Lipinski definition) is 1. The number of methoxy groups -OCH3 is 1. The van der Waals surface area contributed by atoms with Crippen molar-refractivity contribution >= 4 is 29.7 Å². The summed E-state index contributed by atoms with van der Waals surface area (Å²) in [6, 6.07) is 2.53. The van der Waals surface area contributed by atoms with Crippen LogP contribution >= 0.6 is 23.7 Å². The van der Waals surface area contributed by atoms with Gasteiger partial charge in [0, 0.05) is 30.6 Å². The van der Waals surface area contributed by atoms with Gasteiger partial charge in [0.15, 0.2) is 0 Å². The van der Waals surface area contributed by atoms with Gasteiger partial charge in [-0.05, 0) is 38.1 Å². The maximum absolute atomic E-state index is 12.4. The Bertz CT molecular complexity index is 466. The maximum atomic E-state index is 12.4. The van der Waals surface area contributed by atoms with E-state index in [1.54, 1.807) is 7.11 Å². The summed E-state index contributed by atoms with van der Waals surface area (Å²) in [6.07, 6.45) is 4.87. The summed E-state index contributed by atoms with van der Waals surface area (Å²) >= 11 is 1.47. The van der Waals surface area contributed by atoms with Gasteiger partial charge >= 0.3 is 0 Å². The molecule has 4 nitrogen and oxygen atoms in total. The molecule has 1 unspecified atom stereocenters. The number of nitrogens with zero attached hydrogens (tertiary/aromatic N) is 1. The summed E-state index contributed by atoms with van der Waals surface area (Å²) in [6.45, 7) is 2.95. The Balaban J connectivity index is 0.00000161. The fraction of sp³-hybridized carbons (Fsp3) is 0.667. The third kappa shape index (κ3) is 3.71. The zero-order valence-electron chi connectivity index (χ0n) is 12.3. The molecule has 2 fully saturated rings. The minimum Gasteiger partial charge on any atom is -0.496 e. The number of hydrogen-bond acceptors (Lipinski definition) is 4. The Labute approximate surface area is 136 Å². The predicted molar refractivity (Wildman–Crippen MR) is 87.8 cm³/mol. The van der Waals surface area contributed by atoms with Crippen molar-refractivity contribution in [3.05, 3.63) is 16.3 Å². The number of likely N-dealkylation sites (tertiary alicyclic amines) is 1. The predicted octanol–water partition coefficient (Wildman–Crippen LogP) is 2.78. The van der Waals surface area contributed by atoms with Crippen molar-refractivity contribution in [2.24, 2.45) is 5.92 Å². The minimum absolute atomic E-state index is 0. The molecular formula is C15H23ClN2O2S. The Morgan fingerprint density at radius 1 is 1.38 bits per heavy atom. The van der Waals surface area contributed by atoms with Gasteiger partial charge in [0.1, 0.15) is 5.75 Å². The van der Waals surface area contributed by atoms with Crippen LogP contribution in [0.2, 0.25) is 0 Å². The van der Waals surface area contributed by atoms with Crippen molar-refractivity contribution in [3.8, 4) is 5.75 Å². The fourth-order valence-electron chi connectivity index (χ4n) is 3.31. The highest BCUT2D eigenvalue weighted by atomic mass is 35.5. The van der Waals surface area contributed by atoms with Crippen LogP contribution in [0.5, 0.6) is 5.75 Å². The fourth-order valence-corrected chi connectivity index (χ4v) is 4.13. The topological polar surface area (TPSA) is 41.6 Å². The monoisotopic (exact) mass is 330 g/mol. The minimum atomic E-state index is 0. The number of carbonyl (C=O) groups excluding carboxylic acids is 1. The molecule has 1 amide bonds. The summed E-state index contributed by atoms with van der Waals surface area (Å²) in [7, 11) is 1.64. The molecule has 0 aromatic carbocycles. The van der Waals surface area contributed by atoms with E-state index in [0.717, 1.165) is 42.5 Å². The van der Waals surface area contributed by atoms with Gasteiger partial charge in [0.05, 0.1) is 12.0 Å². The molecule has 2 saturated heterocycles. The van der Waals surface area contributed by atoms with Gasteiger partial charge in [0.2, 0.25) is 0 Å². The molecule has 1 aromatic heterocycles. The first kappa shape index (κ1) is 16.6. The third-order valence-electron chi connectivity index (χ3n) is 4.52. The van der Waals surface area contributed by atoms with Crippen LogP contribution in [-0.4, -0.2) is 43.6 Å². The first-order valence-corrected chi connectivity index (χ1v) is 8.31. The van der Waals surface area contributed by atoms with E-state index in [-0.39, 0.29) is 18.3 Å². The van der Waals surface area contributed by atoms with E-state index in [1.807, 2.05) is 16.3 Å². The number of nitrogens with one attached hydrogen (secondary N) is 1. The second-order valence-electron chi connectivity index (χ2n) is 5.68. The molecule has 21 heavy (non-hydrogen) atoms. The standard InChI is InChI=1S/C15H22N2O2S.ClH/c1-19-12-9-14(20-10-12)15(18)17-7-4-11(5-8-17)13-3-2-6-16-13;/h9-11,13,16H,2-8H2,1H3;1H. The van der Waals surface area contributed by atoms with E-state index in [0.29, 0.717) is 6.04 Å². The summed E-state index contributed by atoms with van der Waals surface area (Å²) < 4.78 is 5.15. The normalized spacial score (nSPS) is 22.9. The second-order valence-corrected chi connectivity index (χ2v) is 6.59. The molecule has 1 atom stereocenters. The number of piperidine rings is 1. The van der Waals surface area contributed by atoms with Gasteiger partial charge in [-0.2, -0.15) is 0 Å². The van der Waals surface area contributed by atoms with Crippen molar-refractivity contribution < 1.29 is 9.53 Å². The van der Waals surface area contributed by atoms with Gasteiger partial charge < -0.3 is 15.0 Å². The van der Waals surface area contributed by atoms with Crippen LogP contribution in [0.1, 0.15) is 35.4 Å². The molecule has 2 aliphatic heterocycles. The maximum Gasteiger partial charge on any atom is 0.264 e. The van der Waals surface area contributed by atoms with Crippen LogP contribution in [-0.2, 0) is 0 Å². The SMILES string of the molecule is COc1csc(C(=O)N2CCC(C3CCCN3)CC2)c1.Cl. The number of ether oxygens (including phenoxy) is 1. The van der Waals surface area contributed by atoms with Crippen molar-refractivity contribution in [1.29, 1.82) is 0 Å². The second kappa shape index (κ2) is 7.47. The Morgan fingerprint density at radius 2 is 2.14 bits per heavy atom. The number of thiophene rings is 1. The van der Waals surface area contributed by atoms with E-state index in [4.69, 9.17) is 4.74 Å². The molecule has 3 rings (SSSR count). The summed E-state index contributed by atoms with van der Waals surface area (Å²) in [5.41, 5.74) is 0. The van der Waals surface area contributed by atoms with E-state index in [2.05, 4.69) is 5.32 Å². The lowest BCUT2D eigenvalue weighted by Crippen LogP contribution is -2.43. The van der Waals surface area contributed by atoms with Crippen LogP contribution < -0.4 is 10.1 Å². The van der Waals surface area contributed by atoms with Crippen LogP contribution in [0.4, 0.5) is 0 Å². The molecule has 1 aromatic rings. The van der Waals surface area contributed by atoms with E-state index in [9.17, 15) is 4.79 Å². The lowest BCUT2D eigenvalue weighted by Gasteiger charge is -2.34. The quantitative estimate of drug-likeness (QED) is 0.926. The largest absolute Gasteiger partial charge is 0.496 e. The lowest BCUT2D eigenvalue weighted by atomic mass is 9.88. The zero-order chi connectivity index (χ0) is 13.9. The summed E-state index contributed by atoms with van der Waals surface area (Å²) in [4.78, 5) is 15.2. The van der Waals surface area contributed by atoms with Crippen molar-refractivity contribution in [2.45, 2.75) is 31.7 Å². The number of carbonyl (C=O) groups is 1. The Kier molecular flexibility index (Phi) is 5.90. The van der Waals surface area contributed by atoms with E-state index >= 15 is 0 Å². The molecule has 0 aliphatic carbocycles. The average Bonchev–Trinajstić information content (AvgIpc) is 3.18. The highest BCUT2D eigenvalue weighted by Gasteiger charge is 2.30. The molecule has 0 saturated carbocycles. The van der Waals surface area contributed by atoms with Gasteiger partial charge in [0.25, 0.3) is 5.91 Å². The van der Waals surface area contributed by atoms with Crippen LogP contribution in [0.25, 0.3) is 0 Å². The lowest BCUT2D eigenvalue weighted by molar-refractivity contribution is 0.0679. The molecule has 0 radical (unpaired) electrons. The number of halogens is 1. The number of amides is 1. The molecular weight excluding hydrogens is 308 g/mol. The molecule has 0 bridgehead atoms. The Hall–Kier alpha value is -0.780. The molecule has 0 spiro atoms. The van der Waals surface area contributed by atoms with E-state index in [1.165, 1.54) is 30.7 Å². The van der Waals surface area contributed by atoms with Gasteiger partial charge in [-0.3, -0.25) is 4.79 Å². The van der Waals surface area contributed by atoms with Crippen molar-refractivity contribution in [2.75, 3.05) is 26.7 Å². The van der Waals surface area contributed by atoms with Crippen LogP contribution in [0, 0.1) is 5.92 Å². The highest BCUT2D eigenvalue weighted by Crippen LogP contribution is 2.28. The van der Waals surface area contributed by atoms with E-state index < -0.39 is 0 Å². The molecule has 1 N–H and O–H groups in total. The molecule has 6 heteroatoms. The molecule has 3 heterocycles. The van der Waals surface area contributed by atoms with Crippen molar-refractivity contribution in [3.63, 3.8) is 0 Å². The summed E-state index contributed by atoms with van der Waals surface area (Å²) in [5.74, 6) is 1.69. The Morgan fingerprint density at radius 3 is 2.71 bits per heavy atom. The van der Waals surface area contributed by atoms with Crippen LogP contribution in [0.3, 0.4) is 0 Å². The van der Waals surface area contributed by atoms with Gasteiger partial charge in [-0.25, -0.2) is 0 Å². The molecule has 2 aliphatic rings. The molecule has 118 valence electrons.